The molecule has 0 unspecified atom stereocenters. The summed E-state index contributed by atoms with van der Waals surface area (Å²) in [6, 6.07) is 14.6. The zero-order valence-corrected chi connectivity index (χ0v) is 21.0. The van der Waals surface area contributed by atoms with Crippen LogP contribution >= 0.6 is 11.6 Å². The molecule has 0 bridgehead atoms. The second-order valence-corrected chi connectivity index (χ2v) is 9.73. The molecular weight excluding hydrogens is 458 g/mol. The van der Waals surface area contributed by atoms with Crippen LogP contribution in [0, 0.1) is 0 Å². The molecule has 1 heterocycles. The van der Waals surface area contributed by atoms with E-state index in [-0.39, 0.29) is 22.6 Å². The third kappa shape index (κ3) is 5.48. The van der Waals surface area contributed by atoms with E-state index in [9.17, 15) is 14.7 Å². The van der Waals surface area contributed by atoms with Crippen LogP contribution in [0.4, 0.5) is 0 Å². The van der Waals surface area contributed by atoms with Crippen LogP contribution in [0.3, 0.4) is 0 Å². The Morgan fingerprint density at radius 2 is 1.40 bits per heavy atom. The summed E-state index contributed by atoms with van der Waals surface area (Å²) in [5.41, 5.74) is 2.58. The van der Waals surface area contributed by atoms with Gasteiger partial charge in [-0.15, -0.1) is 0 Å². The number of halogens is 1. The Bertz CT molecular complexity index is 1260. The number of aliphatic hydroxyl groups excluding tert-OH is 1. The standard InChI is InChI=1S/C30H32ClNO3/c1-2-3-4-5-6-7-8-9-10-14-23-28(33)27-26(30(35)29(23)34)25(20-16-18-21(31)19-17-20)22-13-11-12-15-24(22)32-27/h11-13,15-19,33H,2-10,14H2,1H3. The summed E-state index contributed by atoms with van der Waals surface area (Å²) in [5, 5.41) is 12.5. The molecule has 1 aromatic heterocycles. The monoisotopic (exact) mass is 489 g/mol. The Hall–Kier alpha value is -2.98. The van der Waals surface area contributed by atoms with Gasteiger partial charge >= 0.3 is 0 Å². The summed E-state index contributed by atoms with van der Waals surface area (Å²) in [5.74, 6) is -1.39. The minimum atomic E-state index is -0.623. The molecule has 0 saturated heterocycles. The number of nitrogens with zero attached hydrogens (tertiary/aromatic N) is 1. The quantitative estimate of drug-likeness (QED) is 0.216. The molecule has 0 spiro atoms. The Balaban J connectivity index is 1.61. The van der Waals surface area contributed by atoms with Gasteiger partial charge in [-0.3, -0.25) is 9.59 Å². The van der Waals surface area contributed by atoms with Crippen molar-refractivity contribution >= 4 is 39.8 Å². The Labute approximate surface area is 212 Å². The van der Waals surface area contributed by atoms with E-state index in [1.54, 1.807) is 12.1 Å². The Morgan fingerprint density at radius 1 is 0.771 bits per heavy atom. The van der Waals surface area contributed by atoms with Gasteiger partial charge in [-0.25, -0.2) is 4.98 Å². The number of Topliss-reactive ketones (excluding diaryl/α,β-unsaturated/α-hetero) is 2. The summed E-state index contributed by atoms with van der Waals surface area (Å²) in [6.45, 7) is 2.22. The molecule has 182 valence electrons. The van der Waals surface area contributed by atoms with E-state index < -0.39 is 11.6 Å². The maximum absolute atomic E-state index is 13.4. The number of hydrogen-bond acceptors (Lipinski definition) is 4. The molecule has 0 aliphatic heterocycles. The molecule has 3 aromatic rings. The van der Waals surface area contributed by atoms with E-state index in [0.29, 0.717) is 22.5 Å². The number of fused-ring (bicyclic) bond motifs is 2. The predicted molar refractivity (Wildman–Crippen MR) is 143 cm³/mol. The lowest BCUT2D eigenvalue weighted by Crippen LogP contribution is -2.26. The van der Waals surface area contributed by atoms with Crippen molar-refractivity contribution in [1.29, 1.82) is 0 Å². The van der Waals surface area contributed by atoms with Crippen molar-refractivity contribution in [2.75, 3.05) is 0 Å². The van der Waals surface area contributed by atoms with Crippen LogP contribution in [0.1, 0.15) is 87.2 Å². The fourth-order valence-electron chi connectivity index (χ4n) is 4.87. The summed E-state index contributed by atoms with van der Waals surface area (Å²) < 4.78 is 0. The van der Waals surface area contributed by atoms with Crippen molar-refractivity contribution in [2.24, 2.45) is 0 Å². The lowest BCUT2D eigenvalue weighted by Gasteiger charge is -2.21. The third-order valence-electron chi connectivity index (χ3n) is 6.77. The zero-order chi connectivity index (χ0) is 24.8. The minimum Gasteiger partial charge on any atom is -0.505 e. The number of benzene rings is 2. The van der Waals surface area contributed by atoms with Gasteiger partial charge in [0.15, 0.2) is 0 Å². The number of carbonyl (C=O) groups excluding carboxylic acids is 2. The first-order valence-electron chi connectivity index (χ1n) is 12.7. The van der Waals surface area contributed by atoms with Crippen molar-refractivity contribution in [3.05, 3.63) is 70.4 Å². The topological polar surface area (TPSA) is 67.3 Å². The largest absolute Gasteiger partial charge is 0.505 e. The molecule has 0 atom stereocenters. The van der Waals surface area contributed by atoms with Crippen LogP contribution in [0.25, 0.3) is 27.8 Å². The first-order chi connectivity index (χ1) is 17.0. The smallest absolute Gasteiger partial charge is 0.236 e. The molecule has 35 heavy (non-hydrogen) atoms. The van der Waals surface area contributed by atoms with Crippen molar-refractivity contribution in [3.63, 3.8) is 0 Å². The van der Waals surface area contributed by atoms with Crippen molar-refractivity contribution < 1.29 is 14.7 Å². The molecule has 1 aliphatic rings. The highest BCUT2D eigenvalue weighted by atomic mass is 35.5. The van der Waals surface area contributed by atoms with E-state index in [1.807, 2.05) is 36.4 Å². The predicted octanol–water partition coefficient (Wildman–Crippen LogP) is 8.51. The highest BCUT2D eigenvalue weighted by molar-refractivity contribution is 6.53. The van der Waals surface area contributed by atoms with E-state index in [1.165, 1.54) is 38.5 Å². The Kier molecular flexibility index (Phi) is 8.35. The van der Waals surface area contributed by atoms with E-state index >= 15 is 0 Å². The van der Waals surface area contributed by atoms with Crippen molar-refractivity contribution in [3.8, 4) is 11.1 Å². The third-order valence-corrected chi connectivity index (χ3v) is 7.03. The summed E-state index contributed by atoms with van der Waals surface area (Å²) in [4.78, 5) is 31.1. The highest BCUT2D eigenvalue weighted by Gasteiger charge is 2.36. The molecule has 2 aromatic carbocycles. The van der Waals surface area contributed by atoms with Gasteiger partial charge in [0.2, 0.25) is 11.6 Å². The molecule has 5 heteroatoms. The molecule has 4 rings (SSSR count). The molecule has 0 radical (unpaired) electrons. The van der Waals surface area contributed by atoms with Crippen LogP contribution in [0.15, 0.2) is 54.1 Å². The summed E-state index contributed by atoms with van der Waals surface area (Å²) >= 11 is 6.08. The molecule has 0 amide bonds. The number of rotatable bonds is 11. The molecule has 0 fully saturated rings. The van der Waals surface area contributed by atoms with E-state index in [2.05, 4.69) is 11.9 Å². The number of ketones is 2. The highest BCUT2D eigenvalue weighted by Crippen LogP contribution is 2.39. The SMILES string of the molecule is CCCCCCCCCCCC1=C(O)c2nc3ccccc3c(-c3ccc(Cl)cc3)c2C(=O)C1=O. The van der Waals surface area contributed by atoms with Gasteiger partial charge in [0.05, 0.1) is 11.1 Å². The molecule has 0 saturated carbocycles. The second kappa shape index (κ2) is 11.6. The first-order valence-corrected chi connectivity index (χ1v) is 13.1. The fraction of sp³-hybridized carbons (Fsp3) is 0.367. The maximum atomic E-state index is 13.4. The minimum absolute atomic E-state index is 0.162. The van der Waals surface area contributed by atoms with Gasteiger partial charge in [-0.05, 0) is 36.6 Å². The van der Waals surface area contributed by atoms with Gasteiger partial charge in [0.1, 0.15) is 11.5 Å². The molecule has 1 N–H and O–H groups in total. The van der Waals surface area contributed by atoms with Gasteiger partial charge in [0.25, 0.3) is 0 Å². The van der Waals surface area contributed by atoms with E-state index in [0.717, 1.165) is 30.2 Å². The normalized spacial score (nSPS) is 13.5. The average Bonchev–Trinajstić information content (AvgIpc) is 2.87. The maximum Gasteiger partial charge on any atom is 0.236 e. The molecule has 1 aliphatic carbocycles. The number of unbranched alkanes of at least 4 members (excludes halogenated alkanes) is 8. The number of hydrogen-bond donors (Lipinski definition) is 1. The molecular formula is C30H32ClNO3. The van der Waals surface area contributed by atoms with Crippen LogP contribution in [-0.2, 0) is 4.79 Å². The number of allylic oxidation sites excluding steroid dienone is 1. The Morgan fingerprint density at radius 3 is 2.09 bits per heavy atom. The number of para-hydroxylation sites is 1. The number of pyridine rings is 1. The summed E-state index contributed by atoms with van der Waals surface area (Å²) in [7, 11) is 0. The van der Waals surface area contributed by atoms with Crippen LogP contribution in [-0.4, -0.2) is 21.7 Å². The lowest BCUT2D eigenvalue weighted by molar-refractivity contribution is -0.112. The lowest BCUT2D eigenvalue weighted by atomic mass is 9.83. The number of carbonyl (C=O) groups is 2. The number of aromatic nitrogens is 1. The van der Waals surface area contributed by atoms with Gasteiger partial charge in [0, 0.05) is 21.5 Å². The molecule has 4 nitrogen and oxygen atoms in total. The van der Waals surface area contributed by atoms with Crippen molar-refractivity contribution in [1.82, 2.24) is 4.98 Å². The van der Waals surface area contributed by atoms with Crippen molar-refractivity contribution in [2.45, 2.75) is 71.1 Å². The average molecular weight is 490 g/mol. The second-order valence-electron chi connectivity index (χ2n) is 9.30. The summed E-state index contributed by atoms with van der Waals surface area (Å²) in [6.07, 6.45) is 10.8. The van der Waals surface area contributed by atoms with Crippen LogP contribution < -0.4 is 0 Å². The van der Waals surface area contributed by atoms with Crippen LogP contribution in [0.2, 0.25) is 5.02 Å². The van der Waals surface area contributed by atoms with E-state index in [4.69, 9.17) is 11.6 Å². The fourth-order valence-corrected chi connectivity index (χ4v) is 4.99. The van der Waals surface area contributed by atoms with Gasteiger partial charge in [-0.1, -0.05) is 100 Å². The zero-order valence-electron chi connectivity index (χ0n) is 20.3. The number of aliphatic hydroxyl groups is 1. The van der Waals surface area contributed by atoms with Crippen LogP contribution in [0.5, 0.6) is 0 Å². The first kappa shape index (κ1) is 25.1. The van der Waals surface area contributed by atoms with Gasteiger partial charge in [-0.2, -0.15) is 0 Å². The van der Waals surface area contributed by atoms with Gasteiger partial charge < -0.3 is 5.11 Å².